The monoisotopic (exact) mass is 280 g/mol. The minimum atomic E-state index is -0.108. The summed E-state index contributed by atoms with van der Waals surface area (Å²) < 4.78 is 5.21. The second-order valence-corrected chi connectivity index (χ2v) is 6.50. The van der Waals surface area contributed by atoms with Gasteiger partial charge in [-0.1, -0.05) is 25.9 Å². The van der Waals surface area contributed by atoms with Crippen molar-refractivity contribution in [3.8, 4) is 0 Å². The molecular weight excluding hydrogens is 256 g/mol. The lowest BCUT2D eigenvalue weighted by Gasteiger charge is -2.15. The van der Waals surface area contributed by atoms with Gasteiger partial charge in [0.1, 0.15) is 0 Å². The zero-order valence-corrected chi connectivity index (χ0v) is 12.6. The van der Waals surface area contributed by atoms with Crippen LogP contribution in [0.4, 0.5) is 0 Å². The van der Waals surface area contributed by atoms with E-state index in [4.69, 9.17) is 10.3 Å². The molecule has 0 radical (unpaired) electrons. The average molecular weight is 280 g/mol. The molecule has 1 aromatic heterocycles. The molecule has 1 fully saturated rings. The van der Waals surface area contributed by atoms with Crippen molar-refractivity contribution in [3.63, 3.8) is 0 Å². The Hall–Kier alpha value is -1.43. The van der Waals surface area contributed by atoms with Crippen molar-refractivity contribution in [1.29, 1.82) is 0 Å². The molecule has 0 unspecified atom stereocenters. The Bertz CT molecular complexity index is 464. The van der Waals surface area contributed by atoms with Gasteiger partial charge in [-0.15, -0.1) is 0 Å². The Morgan fingerprint density at radius 1 is 1.50 bits per heavy atom. The lowest BCUT2D eigenvalue weighted by atomic mass is 9.96. The zero-order chi connectivity index (χ0) is 14.8. The van der Waals surface area contributed by atoms with E-state index in [-0.39, 0.29) is 17.4 Å². The maximum absolute atomic E-state index is 11.9. The molecule has 112 valence electrons. The molecule has 2 heterocycles. The van der Waals surface area contributed by atoms with E-state index >= 15 is 0 Å². The summed E-state index contributed by atoms with van der Waals surface area (Å²) in [7, 11) is 0. The Labute approximate surface area is 119 Å². The predicted octanol–water partition coefficient (Wildman–Crippen LogP) is 1.25. The van der Waals surface area contributed by atoms with Gasteiger partial charge in [-0.05, 0) is 12.8 Å². The van der Waals surface area contributed by atoms with Gasteiger partial charge in [0, 0.05) is 37.4 Å². The summed E-state index contributed by atoms with van der Waals surface area (Å²) in [5.74, 6) is 1.50. The maximum atomic E-state index is 11.9. The van der Waals surface area contributed by atoms with Gasteiger partial charge in [0.15, 0.2) is 5.82 Å². The van der Waals surface area contributed by atoms with Crippen LogP contribution in [0.25, 0.3) is 0 Å². The lowest BCUT2D eigenvalue weighted by Crippen LogP contribution is -2.31. The molecule has 1 saturated heterocycles. The number of rotatable bonds is 4. The third-order valence-corrected chi connectivity index (χ3v) is 3.50. The minimum absolute atomic E-state index is 0.108. The first-order valence-electron chi connectivity index (χ1n) is 7.22. The normalized spacial score (nSPS) is 19.6. The Morgan fingerprint density at radius 2 is 2.25 bits per heavy atom. The molecular formula is C14H24N4O2. The second-order valence-electron chi connectivity index (χ2n) is 6.50. The minimum Gasteiger partial charge on any atom is -0.341 e. The van der Waals surface area contributed by atoms with E-state index < -0.39 is 0 Å². The number of hydrogen-bond donors (Lipinski definition) is 1. The topological polar surface area (TPSA) is 85.2 Å². The smallest absolute Gasteiger partial charge is 0.226 e. The number of aryl methyl sites for hydroxylation is 1. The van der Waals surface area contributed by atoms with Gasteiger partial charge in [-0.2, -0.15) is 4.98 Å². The van der Waals surface area contributed by atoms with Crippen LogP contribution in [0.2, 0.25) is 0 Å². The van der Waals surface area contributed by atoms with E-state index in [0.717, 1.165) is 19.4 Å². The Morgan fingerprint density at radius 3 is 2.80 bits per heavy atom. The van der Waals surface area contributed by atoms with Gasteiger partial charge in [-0.3, -0.25) is 4.79 Å². The first-order chi connectivity index (χ1) is 9.36. The van der Waals surface area contributed by atoms with Crippen molar-refractivity contribution < 1.29 is 9.32 Å². The summed E-state index contributed by atoms with van der Waals surface area (Å²) in [6, 6.07) is 0.143. The predicted molar refractivity (Wildman–Crippen MR) is 75.1 cm³/mol. The van der Waals surface area contributed by atoms with Crippen molar-refractivity contribution >= 4 is 5.91 Å². The molecule has 6 nitrogen and oxygen atoms in total. The molecule has 1 atom stereocenters. The van der Waals surface area contributed by atoms with E-state index in [0.29, 0.717) is 31.1 Å². The standard InChI is InChI=1S/C14H24N4O2/c1-14(2,3)13-16-11(20-17-13)5-4-6-12(19)18-8-7-10(15)9-18/h10H,4-9,15H2,1-3H3/t10-/m1/s1. The van der Waals surface area contributed by atoms with Crippen molar-refractivity contribution in [2.45, 2.75) is 57.9 Å². The number of carbonyl (C=O) groups excluding carboxylic acids is 1. The second kappa shape index (κ2) is 5.91. The highest BCUT2D eigenvalue weighted by atomic mass is 16.5. The summed E-state index contributed by atoms with van der Waals surface area (Å²) in [6.45, 7) is 7.60. The number of aromatic nitrogens is 2. The summed E-state index contributed by atoms with van der Waals surface area (Å²) >= 11 is 0. The van der Waals surface area contributed by atoms with Crippen LogP contribution < -0.4 is 5.73 Å². The first kappa shape index (κ1) is 15.0. The van der Waals surface area contributed by atoms with Crippen LogP contribution in [0.1, 0.15) is 51.7 Å². The van der Waals surface area contributed by atoms with E-state index in [1.807, 2.05) is 25.7 Å². The third kappa shape index (κ3) is 3.79. The average Bonchev–Trinajstić information content (AvgIpc) is 2.97. The van der Waals surface area contributed by atoms with Crippen LogP contribution in [0.15, 0.2) is 4.52 Å². The molecule has 20 heavy (non-hydrogen) atoms. The molecule has 1 aliphatic heterocycles. The van der Waals surface area contributed by atoms with Gasteiger partial charge in [0.25, 0.3) is 0 Å². The molecule has 2 N–H and O–H groups in total. The van der Waals surface area contributed by atoms with Crippen molar-refractivity contribution in [3.05, 3.63) is 11.7 Å². The summed E-state index contributed by atoms with van der Waals surface area (Å²) in [6.07, 6.45) is 2.80. The van der Waals surface area contributed by atoms with Crippen molar-refractivity contribution in [2.24, 2.45) is 5.73 Å². The molecule has 2 rings (SSSR count). The molecule has 1 aromatic rings. The van der Waals surface area contributed by atoms with Crippen LogP contribution in [0.3, 0.4) is 0 Å². The quantitative estimate of drug-likeness (QED) is 0.897. The molecule has 0 bridgehead atoms. The molecule has 0 aromatic carbocycles. The van der Waals surface area contributed by atoms with Crippen LogP contribution >= 0.6 is 0 Å². The van der Waals surface area contributed by atoms with Gasteiger partial charge < -0.3 is 15.2 Å². The number of hydrogen-bond acceptors (Lipinski definition) is 5. The number of carbonyl (C=O) groups is 1. The maximum Gasteiger partial charge on any atom is 0.226 e. The van der Waals surface area contributed by atoms with E-state index in [9.17, 15) is 4.79 Å². The Kier molecular flexibility index (Phi) is 4.42. The lowest BCUT2D eigenvalue weighted by molar-refractivity contribution is -0.130. The van der Waals surface area contributed by atoms with E-state index in [1.54, 1.807) is 0 Å². The first-order valence-corrected chi connectivity index (χ1v) is 7.22. The van der Waals surface area contributed by atoms with E-state index in [2.05, 4.69) is 10.1 Å². The van der Waals surface area contributed by atoms with E-state index in [1.165, 1.54) is 0 Å². The third-order valence-electron chi connectivity index (χ3n) is 3.50. The number of nitrogens with two attached hydrogens (primary N) is 1. The van der Waals surface area contributed by atoms with Crippen LogP contribution in [-0.2, 0) is 16.6 Å². The molecule has 6 heteroatoms. The fraction of sp³-hybridized carbons (Fsp3) is 0.786. The van der Waals surface area contributed by atoms with Crippen LogP contribution in [0.5, 0.6) is 0 Å². The van der Waals surface area contributed by atoms with Gasteiger partial charge >= 0.3 is 0 Å². The molecule has 1 amide bonds. The van der Waals surface area contributed by atoms with Gasteiger partial charge in [-0.25, -0.2) is 0 Å². The zero-order valence-electron chi connectivity index (χ0n) is 12.6. The Balaban J connectivity index is 1.76. The fourth-order valence-electron chi connectivity index (χ4n) is 2.22. The number of nitrogens with zero attached hydrogens (tertiary/aromatic N) is 3. The largest absolute Gasteiger partial charge is 0.341 e. The fourth-order valence-corrected chi connectivity index (χ4v) is 2.22. The van der Waals surface area contributed by atoms with Crippen molar-refractivity contribution in [2.75, 3.05) is 13.1 Å². The SMILES string of the molecule is CC(C)(C)c1noc(CCCC(=O)N2CC[C@@H](N)C2)n1. The molecule has 0 spiro atoms. The number of amides is 1. The molecule has 0 saturated carbocycles. The molecule has 1 aliphatic rings. The van der Waals surface area contributed by atoms with Crippen LogP contribution in [-0.4, -0.2) is 40.1 Å². The summed E-state index contributed by atoms with van der Waals surface area (Å²) in [5.41, 5.74) is 5.69. The highest BCUT2D eigenvalue weighted by Gasteiger charge is 2.24. The van der Waals surface area contributed by atoms with Crippen molar-refractivity contribution in [1.82, 2.24) is 15.0 Å². The summed E-state index contributed by atoms with van der Waals surface area (Å²) in [5, 5.41) is 3.97. The molecule has 0 aliphatic carbocycles. The summed E-state index contributed by atoms with van der Waals surface area (Å²) in [4.78, 5) is 18.2. The highest BCUT2D eigenvalue weighted by Crippen LogP contribution is 2.19. The number of likely N-dealkylation sites (tertiary alicyclic amines) is 1. The van der Waals surface area contributed by atoms with Gasteiger partial charge in [0.05, 0.1) is 0 Å². The highest BCUT2D eigenvalue weighted by molar-refractivity contribution is 5.76. The van der Waals surface area contributed by atoms with Gasteiger partial charge in [0.2, 0.25) is 11.8 Å². The van der Waals surface area contributed by atoms with Crippen LogP contribution in [0, 0.1) is 0 Å².